The first-order valence-corrected chi connectivity index (χ1v) is 6.95. The van der Waals surface area contributed by atoms with Crippen LogP contribution < -0.4 is 5.32 Å². The van der Waals surface area contributed by atoms with Gasteiger partial charge in [0.2, 0.25) is 5.91 Å². The number of nitrogens with zero attached hydrogens (tertiary/aromatic N) is 1. The zero-order chi connectivity index (χ0) is 16.3. The number of rotatable bonds is 4. The van der Waals surface area contributed by atoms with Gasteiger partial charge in [-0.3, -0.25) is 14.9 Å². The maximum atomic E-state index is 12.0. The van der Waals surface area contributed by atoms with Gasteiger partial charge in [-0.2, -0.15) is 0 Å². The molecular weight excluding hydrogens is 276 g/mol. The number of morpholine rings is 1. The van der Waals surface area contributed by atoms with Crippen LogP contribution in [0, 0.1) is 5.41 Å². The number of aliphatic carboxylic acids is 1. The fourth-order valence-corrected chi connectivity index (χ4v) is 2.34. The molecule has 21 heavy (non-hydrogen) atoms. The average molecular weight is 300 g/mol. The number of carbonyl (C=O) groups excluding carboxylic acids is 2. The van der Waals surface area contributed by atoms with Crippen molar-refractivity contribution in [3.8, 4) is 0 Å². The number of carboxylic acids is 1. The highest BCUT2D eigenvalue weighted by molar-refractivity contribution is 5.94. The summed E-state index contributed by atoms with van der Waals surface area (Å²) < 4.78 is 5.50. The van der Waals surface area contributed by atoms with Crippen LogP contribution in [0.1, 0.15) is 40.5 Å². The quantitative estimate of drug-likeness (QED) is 0.814. The van der Waals surface area contributed by atoms with E-state index < -0.39 is 28.9 Å². The molecule has 7 heteroatoms. The highest BCUT2D eigenvalue weighted by Gasteiger charge is 2.31. The predicted molar refractivity (Wildman–Crippen MR) is 75.8 cm³/mol. The van der Waals surface area contributed by atoms with Crippen LogP contribution in [0.4, 0.5) is 4.79 Å². The Morgan fingerprint density at radius 2 is 1.90 bits per heavy atom. The Kier molecular flexibility index (Phi) is 5.33. The van der Waals surface area contributed by atoms with Gasteiger partial charge in [-0.1, -0.05) is 13.8 Å². The first-order valence-electron chi connectivity index (χ1n) is 6.95. The van der Waals surface area contributed by atoms with Crippen LogP contribution in [0.5, 0.6) is 0 Å². The first-order chi connectivity index (χ1) is 9.51. The van der Waals surface area contributed by atoms with Gasteiger partial charge in [-0.05, 0) is 19.3 Å². The fourth-order valence-electron chi connectivity index (χ4n) is 2.34. The lowest BCUT2D eigenvalue weighted by Gasteiger charge is -2.38. The molecule has 1 fully saturated rings. The van der Waals surface area contributed by atoms with Gasteiger partial charge in [0.15, 0.2) is 0 Å². The number of carbonyl (C=O) groups is 3. The van der Waals surface area contributed by atoms with E-state index in [1.165, 1.54) is 4.90 Å². The molecule has 0 aromatic rings. The van der Waals surface area contributed by atoms with Crippen molar-refractivity contribution in [2.24, 2.45) is 5.41 Å². The number of nitrogens with one attached hydrogen (secondary N) is 1. The Hall–Kier alpha value is -1.63. The monoisotopic (exact) mass is 300 g/mol. The predicted octanol–water partition coefficient (Wildman–Crippen LogP) is 1.22. The largest absolute Gasteiger partial charge is 0.481 e. The lowest BCUT2D eigenvalue weighted by atomic mass is 9.85. The molecule has 1 aliphatic rings. The summed E-state index contributed by atoms with van der Waals surface area (Å²) in [4.78, 5) is 36.1. The zero-order valence-electron chi connectivity index (χ0n) is 13.1. The minimum atomic E-state index is -0.964. The Bertz CT molecular complexity index is 431. The molecule has 0 bridgehead atoms. The first kappa shape index (κ1) is 17.4. The molecule has 1 saturated heterocycles. The standard InChI is InChI=1S/C14H24N2O5/c1-13(2,8-11(18)19)7-10(17)15-12(20)16-5-6-21-14(3,4)9-16/h5-9H2,1-4H3,(H,18,19)(H,15,17,20). The van der Waals surface area contributed by atoms with Gasteiger partial charge in [0.1, 0.15) is 0 Å². The van der Waals surface area contributed by atoms with E-state index in [9.17, 15) is 14.4 Å². The number of carboxylic acid groups (broad SMARTS) is 1. The van der Waals surface area contributed by atoms with E-state index in [1.807, 2.05) is 13.8 Å². The van der Waals surface area contributed by atoms with E-state index in [4.69, 9.17) is 9.84 Å². The third-order valence-corrected chi connectivity index (χ3v) is 3.23. The molecule has 1 heterocycles. The fraction of sp³-hybridized carbons (Fsp3) is 0.786. The van der Waals surface area contributed by atoms with Crippen LogP contribution in [0.15, 0.2) is 0 Å². The number of ether oxygens (including phenoxy) is 1. The van der Waals surface area contributed by atoms with Crippen molar-refractivity contribution >= 4 is 17.9 Å². The topological polar surface area (TPSA) is 95.9 Å². The van der Waals surface area contributed by atoms with E-state index in [2.05, 4.69) is 5.32 Å². The smallest absolute Gasteiger partial charge is 0.324 e. The van der Waals surface area contributed by atoms with E-state index in [0.29, 0.717) is 19.7 Å². The van der Waals surface area contributed by atoms with Crippen LogP contribution in [0.3, 0.4) is 0 Å². The van der Waals surface area contributed by atoms with Crippen molar-refractivity contribution in [2.75, 3.05) is 19.7 Å². The second-order valence-corrected chi connectivity index (χ2v) is 6.79. The van der Waals surface area contributed by atoms with Gasteiger partial charge in [0.25, 0.3) is 0 Å². The normalized spacial score (nSPS) is 18.2. The molecule has 3 amide bonds. The van der Waals surface area contributed by atoms with E-state index >= 15 is 0 Å². The zero-order valence-corrected chi connectivity index (χ0v) is 13.1. The number of hydrogen-bond donors (Lipinski definition) is 2. The summed E-state index contributed by atoms with van der Waals surface area (Å²) in [5.74, 6) is -1.43. The molecule has 0 saturated carbocycles. The second-order valence-electron chi connectivity index (χ2n) is 6.79. The van der Waals surface area contributed by atoms with Gasteiger partial charge in [0, 0.05) is 13.0 Å². The van der Waals surface area contributed by atoms with Crippen molar-refractivity contribution in [1.29, 1.82) is 0 Å². The molecule has 0 spiro atoms. The summed E-state index contributed by atoms with van der Waals surface area (Å²) in [6.45, 7) is 8.39. The van der Waals surface area contributed by atoms with Gasteiger partial charge in [-0.25, -0.2) is 4.79 Å². The lowest BCUT2D eigenvalue weighted by molar-refractivity contribution is -0.139. The molecule has 0 unspecified atom stereocenters. The van der Waals surface area contributed by atoms with Crippen molar-refractivity contribution < 1.29 is 24.2 Å². The molecule has 0 aromatic carbocycles. The van der Waals surface area contributed by atoms with Crippen molar-refractivity contribution in [3.63, 3.8) is 0 Å². The minimum Gasteiger partial charge on any atom is -0.481 e. The molecule has 0 radical (unpaired) electrons. The summed E-state index contributed by atoms with van der Waals surface area (Å²) in [6, 6.07) is -0.456. The molecule has 0 aliphatic carbocycles. The third kappa shape index (κ3) is 6.12. The molecule has 1 rings (SSSR count). The molecular formula is C14H24N2O5. The van der Waals surface area contributed by atoms with E-state index in [1.54, 1.807) is 13.8 Å². The maximum absolute atomic E-state index is 12.0. The van der Waals surface area contributed by atoms with Crippen LogP contribution >= 0.6 is 0 Å². The van der Waals surface area contributed by atoms with Crippen molar-refractivity contribution in [3.05, 3.63) is 0 Å². The Balaban J connectivity index is 2.51. The van der Waals surface area contributed by atoms with Crippen LogP contribution in [-0.4, -0.2) is 53.2 Å². The van der Waals surface area contributed by atoms with Gasteiger partial charge in [-0.15, -0.1) is 0 Å². The lowest BCUT2D eigenvalue weighted by Crippen LogP contribution is -2.54. The summed E-state index contributed by atoms with van der Waals surface area (Å²) in [6.07, 6.45) is -0.141. The number of amides is 3. The van der Waals surface area contributed by atoms with Gasteiger partial charge < -0.3 is 14.7 Å². The number of hydrogen-bond acceptors (Lipinski definition) is 4. The minimum absolute atomic E-state index is 0.0151. The van der Waals surface area contributed by atoms with Crippen LogP contribution in [-0.2, 0) is 14.3 Å². The molecule has 1 aliphatic heterocycles. The van der Waals surface area contributed by atoms with E-state index in [-0.39, 0.29) is 12.8 Å². The van der Waals surface area contributed by atoms with Crippen LogP contribution in [0.25, 0.3) is 0 Å². The Morgan fingerprint density at radius 3 is 2.43 bits per heavy atom. The third-order valence-electron chi connectivity index (χ3n) is 3.23. The second kappa shape index (κ2) is 6.43. The molecule has 7 nitrogen and oxygen atoms in total. The van der Waals surface area contributed by atoms with E-state index in [0.717, 1.165) is 0 Å². The summed E-state index contributed by atoms with van der Waals surface area (Å²) in [5, 5.41) is 11.1. The summed E-state index contributed by atoms with van der Waals surface area (Å²) in [5.41, 5.74) is -1.12. The van der Waals surface area contributed by atoms with Crippen LogP contribution in [0.2, 0.25) is 0 Å². The number of urea groups is 1. The molecule has 0 aromatic heterocycles. The maximum Gasteiger partial charge on any atom is 0.324 e. The Labute approximate surface area is 124 Å². The molecule has 120 valence electrons. The summed E-state index contributed by atoms with van der Waals surface area (Å²) >= 11 is 0. The van der Waals surface area contributed by atoms with Crippen molar-refractivity contribution in [2.45, 2.75) is 46.1 Å². The summed E-state index contributed by atoms with van der Waals surface area (Å²) in [7, 11) is 0. The SMILES string of the molecule is CC(C)(CC(=O)O)CC(=O)NC(=O)N1CCOC(C)(C)C1. The highest BCUT2D eigenvalue weighted by Crippen LogP contribution is 2.24. The number of imide groups is 1. The van der Waals surface area contributed by atoms with Gasteiger partial charge >= 0.3 is 12.0 Å². The molecule has 2 N–H and O–H groups in total. The highest BCUT2D eigenvalue weighted by atomic mass is 16.5. The Morgan fingerprint density at radius 1 is 1.29 bits per heavy atom. The average Bonchev–Trinajstić information content (AvgIpc) is 2.24. The van der Waals surface area contributed by atoms with Gasteiger partial charge in [0.05, 0.1) is 25.2 Å². The molecule has 0 atom stereocenters. The van der Waals surface area contributed by atoms with Crippen molar-refractivity contribution in [1.82, 2.24) is 10.2 Å².